The number of aliphatic hydroxyl groups is 2. The molecule has 0 aliphatic carbocycles. The molecule has 0 atom stereocenters. The van der Waals surface area contributed by atoms with Gasteiger partial charge in [-0.3, -0.25) is 9.97 Å². The number of aromatic nitrogens is 2. The third kappa shape index (κ3) is 24.4. The van der Waals surface area contributed by atoms with Crippen LogP contribution in [0.4, 0.5) is 0 Å². The predicted molar refractivity (Wildman–Crippen MR) is 109 cm³/mol. The van der Waals surface area contributed by atoms with Gasteiger partial charge >= 0.3 is 66.7 Å². The fraction of sp³-hybridized carbons (Fsp3) is 0.375. The molecule has 0 amide bonds. The maximum absolute atomic E-state index is 8.46. The molecular formula is C16H24Cl4Cu2N4O2. The molecule has 0 bridgehead atoms. The Bertz CT molecular complexity index is 475. The van der Waals surface area contributed by atoms with Gasteiger partial charge in [-0.25, -0.2) is 0 Å². The summed E-state index contributed by atoms with van der Waals surface area (Å²) in [6.07, 6.45) is 3.52. The summed E-state index contributed by atoms with van der Waals surface area (Å²) in [4.78, 5) is 8.21. The Balaban J connectivity index is 0. The Labute approximate surface area is 196 Å². The van der Waals surface area contributed by atoms with E-state index in [-0.39, 0.29) is 13.2 Å². The first-order valence-electron chi connectivity index (χ1n) is 7.75. The van der Waals surface area contributed by atoms with Crippen LogP contribution in [0.25, 0.3) is 0 Å². The second-order valence-corrected chi connectivity index (χ2v) is 7.64. The van der Waals surface area contributed by atoms with Crippen molar-refractivity contribution in [3.8, 4) is 0 Å². The van der Waals surface area contributed by atoms with Gasteiger partial charge < -0.3 is 20.8 Å². The molecule has 170 valence electrons. The number of hydrogen-bond acceptors (Lipinski definition) is 6. The molecule has 12 heteroatoms. The van der Waals surface area contributed by atoms with Crippen LogP contribution in [0.5, 0.6) is 0 Å². The van der Waals surface area contributed by atoms with Crippen LogP contribution in [0.3, 0.4) is 0 Å². The van der Waals surface area contributed by atoms with Gasteiger partial charge in [-0.05, 0) is 24.3 Å². The first-order chi connectivity index (χ1) is 13.7. The number of halogens is 4. The molecule has 2 heterocycles. The Morgan fingerprint density at radius 2 is 1.07 bits per heavy atom. The summed E-state index contributed by atoms with van der Waals surface area (Å²) in [5, 5.41) is 23.0. The van der Waals surface area contributed by atoms with Crippen molar-refractivity contribution in [1.82, 2.24) is 20.6 Å². The minimum atomic E-state index is 0.173. The van der Waals surface area contributed by atoms with E-state index in [0.717, 1.165) is 50.7 Å². The summed E-state index contributed by atoms with van der Waals surface area (Å²) in [7, 11) is 18.7. The van der Waals surface area contributed by atoms with Crippen LogP contribution < -0.4 is 10.6 Å². The SMILES string of the molecule is OCCNCc1ccccn1.OCCNCc1ccccn1.[Cl][Cu][Cl].[Cl][Cu][Cl]. The standard InChI is InChI=1S/2C8H12N2O.4ClH.2Cu/c2*11-6-5-9-7-8-3-1-2-4-10-8;;;;;;/h2*1-4,9,11H,5-7H2;4*1H;;/q;;;;;;2*+2/p-4. The maximum atomic E-state index is 8.46. The normalized spacial score (nSPS) is 9.36. The molecule has 2 rings (SSSR count). The van der Waals surface area contributed by atoms with Crippen molar-refractivity contribution in [3.05, 3.63) is 60.2 Å². The van der Waals surface area contributed by atoms with Crippen LogP contribution in [0, 0.1) is 0 Å². The van der Waals surface area contributed by atoms with E-state index < -0.39 is 0 Å². The van der Waals surface area contributed by atoms with E-state index in [1.165, 1.54) is 0 Å². The second kappa shape index (κ2) is 27.3. The third-order valence-corrected chi connectivity index (χ3v) is 2.64. The van der Waals surface area contributed by atoms with Crippen molar-refractivity contribution in [2.75, 3.05) is 26.3 Å². The van der Waals surface area contributed by atoms with Gasteiger partial charge in [-0.2, -0.15) is 0 Å². The van der Waals surface area contributed by atoms with Crippen LogP contribution in [-0.4, -0.2) is 46.5 Å². The number of hydrogen-bond donors (Lipinski definition) is 4. The number of nitrogens with zero attached hydrogens (tertiary/aromatic N) is 2. The summed E-state index contributed by atoms with van der Waals surface area (Å²) in [5.41, 5.74) is 2.00. The molecule has 0 aliphatic heterocycles. The van der Waals surface area contributed by atoms with E-state index >= 15 is 0 Å². The van der Waals surface area contributed by atoms with E-state index in [1.807, 2.05) is 36.4 Å². The molecule has 28 heavy (non-hydrogen) atoms. The van der Waals surface area contributed by atoms with Gasteiger partial charge in [0, 0.05) is 38.6 Å². The molecule has 4 N–H and O–H groups in total. The predicted octanol–water partition coefficient (Wildman–Crippen LogP) is 3.08. The van der Waals surface area contributed by atoms with Gasteiger partial charge in [0.05, 0.1) is 24.6 Å². The number of pyridine rings is 2. The van der Waals surface area contributed by atoms with Crippen molar-refractivity contribution >= 4 is 40.4 Å². The summed E-state index contributed by atoms with van der Waals surface area (Å²) < 4.78 is 0. The average Bonchev–Trinajstić information content (AvgIpc) is 2.72. The Hall–Kier alpha value is 0.339. The van der Waals surface area contributed by atoms with Crippen LogP contribution in [0.2, 0.25) is 0 Å². The molecule has 0 aliphatic rings. The Morgan fingerprint density at radius 3 is 1.32 bits per heavy atom. The van der Waals surface area contributed by atoms with Gasteiger partial charge in [0.15, 0.2) is 0 Å². The fourth-order valence-corrected chi connectivity index (χ4v) is 1.60. The van der Waals surface area contributed by atoms with Crippen LogP contribution in [0.15, 0.2) is 48.8 Å². The minimum absolute atomic E-state index is 0.173. The zero-order valence-corrected chi connectivity index (χ0v) is 19.7. The fourth-order valence-electron chi connectivity index (χ4n) is 1.60. The van der Waals surface area contributed by atoms with E-state index in [1.54, 1.807) is 12.4 Å². The molecule has 0 saturated heterocycles. The molecule has 6 nitrogen and oxygen atoms in total. The number of aliphatic hydroxyl groups excluding tert-OH is 2. The number of rotatable bonds is 8. The first kappa shape index (κ1) is 30.5. The topological polar surface area (TPSA) is 90.3 Å². The zero-order chi connectivity index (χ0) is 21.3. The molecule has 0 unspecified atom stereocenters. The Morgan fingerprint density at radius 1 is 0.714 bits per heavy atom. The van der Waals surface area contributed by atoms with Gasteiger partial charge in [0.2, 0.25) is 0 Å². The van der Waals surface area contributed by atoms with Crippen LogP contribution >= 0.6 is 40.4 Å². The van der Waals surface area contributed by atoms with Crippen molar-refractivity contribution in [2.24, 2.45) is 0 Å². The summed E-state index contributed by atoms with van der Waals surface area (Å²) >= 11 is 1.51. The van der Waals surface area contributed by atoms with E-state index in [0.29, 0.717) is 13.1 Å². The van der Waals surface area contributed by atoms with Crippen LogP contribution in [0.1, 0.15) is 11.4 Å². The molecule has 0 fully saturated rings. The van der Waals surface area contributed by atoms with E-state index in [9.17, 15) is 0 Å². The summed E-state index contributed by atoms with van der Waals surface area (Å²) in [6.45, 7) is 3.04. The summed E-state index contributed by atoms with van der Waals surface area (Å²) in [6, 6.07) is 11.6. The summed E-state index contributed by atoms with van der Waals surface area (Å²) in [5.74, 6) is 0. The van der Waals surface area contributed by atoms with Crippen LogP contribution in [-0.2, 0) is 39.4 Å². The average molecular weight is 573 g/mol. The quantitative estimate of drug-likeness (QED) is 0.287. The molecule has 2 aromatic heterocycles. The molecular weight excluding hydrogens is 549 g/mol. The molecule has 0 aromatic carbocycles. The monoisotopic (exact) mass is 570 g/mol. The van der Waals surface area contributed by atoms with Crippen molar-refractivity contribution in [2.45, 2.75) is 13.1 Å². The molecule has 2 aromatic rings. The van der Waals surface area contributed by atoms with Crippen molar-refractivity contribution in [3.63, 3.8) is 0 Å². The zero-order valence-electron chi connectivity index (χ0n) is 14.8. The molecule has 0 saturated carbocycles. The second-order valence-electron chi connectivity index (χ2n) is 4.53. The van der Waals surface area contributed by atoms with E-state index in [4.69, 9.17) is 10.2 Å². The molecule has 0 spiro atoms. The molecule has 0 radical (unpaired) electrons. The van der Waals surface area contributed by atoms with Crippen molar-refractivity contribution < 1.29 is 36.5 Å². The van der Waals surface area contributed by atoms with Gasteiger partial charge in [-0.1, -0.05) is 12.1 Å². The van der Waals surface area contributed by atoms with Gasteiger partial charge in [0.1, 0.15) is 0 Å². The van der Waals surface area contributed by atoms with Gasteiger partial charge in [-0.15, -0.1) is 0 Å². The number of nitrogens with one attached hydrogen (secondary N) is 2. The van der Waals surface area contributed by atoms with Crippen molar-refractivity contribution in [1.29, 1.82) is 0 Å². The first-order valence-corrected chi connectivity index (χ1v) is 12.9. The third-order valence-electron chi connectivity index (χ3n) is 2.64. The van der Waals surface area contributed by atoms with E-state index in [2.05, 4.69) is 61.0 Å². The van der Waals surface area contributed by atoms with Gasteiger partial charge in [0.25, 0.3) is 0 Å². The Kier molecular flexibility index (Phi) is 29.8.